The van der Waals surface area contributed by atoms with Crippen LogP contribution in [0.4, 0.5) is 0 Å². The van der Waals surface area contributed by atoms with Gasteiger partial charge < -0.3 is 31.2 Å². The highest BCUT2D eigenvalue weighted by Crippen LogP contribution is 2.26. The molecule has 9 nitrogen and oxygen atoms in total. The van der Waals surface area contributed by atoms with Crippen LogP contribution in [0.3, 0.4) is 0 Å². The van der Waals surface area contributed by atoms with Gasteiger partial charge in [0.1, 0.15) is 6.29 Å². The van der Waals surface area contributed by atoms with Gasteiger partial charge in [-0.1, -0.05) is 0 Å². The van der Waals surface area contributed by atoms with Gasteiger partial charge in [-0.3, -0.25) is 14.4 Å². The summed E-state index contributed by atoms with van der Waals surface area (Å²) in [5.74, 6) is -0.692. The SMILES string of the molecule is O=CC(CC(=O)O)NC(=O)CNC(=O)C(CCC1CCNCC1)CCC1CCNCC1. The van der Waals surface area contributed by atoms with Crippen LogP contribution in [0.1, 0.15) is 57.8 Å². The normalized spacial score (nSPS) is 19.0. The van der Waals surface area contributed by atoms with E-state index in [1.807, 2.05) is 0 Å². The summed E-state index contributed by atoms with van der Waals surface area (Å²) in [5.41, 5.74) is 0. The molecule has 2 fully saturated rings. The molecule has 0 radical (unpaired) electrons. The van der Waals surface area contributed by atoms with Crippen LogP contribution in [-0.2, 0) is 19.2 Å². The first-order valence-electron chi connectivity index (χ1n) is 11.6. The molecule has 2 heterocycles. The zero-order valence-corrected chi connectivity index (χ0v) is 18.4. The van der Waals surface area contributed by atoms with Crippen molar-refractivity contribution < 1.29 is 24.3 Å². The van der Waals surface area contributed by atoms with Gasteiger partial charge in [0.25, 0.3) is 0 Å². The topological polar surface area (TPSA) is 137 Å². The van der Waals surface area contributed by atoms with E-state index in [1.165, 1.54) is 0 Å². The van der Waals surface area contributed by atoms with Gasteiger partial charge in [0.15, 0.2) is 0 Å². The van der Waals surface area contributed by atoms with E-state index in [-0.39, 0.29) is 18.4 Å². The highest BCUT2D eigenvalue weighted by molar-refractivity contribution is 5.87. The number of rotatable bonds is 13. The number of carbonyl (C=O) groups is 4. The second kappa shape index (κ2) is 14.1. The molecule has 31 heavy (non-hydrogen) atoms. The van der Waals surface area contributed by atoms with E-state index in [0.717, 1.165) is 77.5 Å². The molecule has 5 N–H and O–H groups in total. The maximum absolute atomic E-state index is 12.8. The summed E-state index contributed by atoms with van der Waals surface area (Å²) in [4.78, 5) is 46.5. The summed E-state index contributed by atoms with van der Waals surface area (Å²) in [7, 11) is 0. The summed E-state index contributed by atoms with van der Waals surface area (Å²) >= 11 is 0. The van der Waals surface area contributed by atoms with Gasteiger partial charge in [-0.15, -0.1) is 0 Å². The maximum atomic E-state index is 12.8. The number of piperidine rings is 2. The number of hydrogen-bond donors (Lipinski definition) is 5. The van der Waals surface area contributed by atoms with Crippen LogP contribution in [0.2, 0.25) is 0 Å². The second-order valence-electron chi connectivity index (χ2n) is 8.86. The molecule has 1 unspecified atom stereocenters. The molecule has 0 spiro atoms. The first-order chi connectivity index (χ1) is 15.0. The third-order valence-electron chi connectivity index (χ3n) is 6.46. The monoisotopic (exact) mass is 438 g/mol. The maximum Gasteiger partial charge on any atom is 0.305 e. The first kappa shape index (κ1) is 25.3. The van der Waals surface area contributed by atoms with Crippen molar-refractivity contribution in [2.45, 2.75) is 63.8 Å². The van der Waals surface area contributed by atoms with E-state index in [9.17, 15) is 19.2 Å². The van der Waals surface area contributed by atoms with E-state index in [2.05, 4.69) is 21.3 Å². The smallest absolute Gasteiger partial charge is 0.305 e. The fraction of sp³-hybridized carbons (Fsp3) is 0.818. The van der Waals surface area contributed by atoms with Gasteiger partial charge in [0.05, 0.1) is 19.0 Å². The highest BCUT2D eigenvalue weighted by Gasteiger charge is 2.24. The molecule has 2 saturated heterocycles. The van der Waals surface area contributed by atoms with Crippen LogP contribution in [0, 0.1) is 17.8 Å². The second-order valence-corrected chi connectivity index (χ2v) is 8.86. The molecule has 0 aromatic heterocycles. The average molecular weight is 439 g/mol. The van der Waals surface area contributed by atoms with Gasteiger partial charge >= 0.3 is 5.97 Å². The predicted octanol–water partition coefficient (Wildman–Crippen LogP) is 0.437. The van der Waals surface area contributed by atoms with Crippen LogP contribution >= 0.6 is 0 Å². The van der Waals surface area contributed by atoms with Crippen molar-refractivity contribution in [3.05, 3.63) is 0 Å². The Kier molecular flexibility index (Phi) is 11.5. The Balaban J connectivity index is 1.82. The molecule has 1 atom stereocenters. The van der Waals surface area contributed by atoms with E-state index < -0.39 is 24.3 Å². The Bertz CT molecular complexity index is 566. The molecule has 0 aromatic carbocycles. The molecule has 0 aliphatic carbocycles. The quantitative estimate of drug-likeness (QED) is 0.263. The number of carboxylic acids is 1. The molecule has 2 aliphatic heterocycles. The van der Waals surface area contributed by atoms with Gasteiger partial charge in [0, 0.05) is 5.92 Å². The van der Waals surface area contributed by atoms with Crippen molar-refractivity contribution in [2.24, 2.45) is 17.8 Å². The standard InChI is InChI=1S/C22H38N4O5/c27-15-19(13-21(29)30)26-20(28)14-25-22(31)18(3-1-16-5-9-23-10-6-16)4-2-17-7-11-24-12-8-17/h15-19,23-24H,1-14H2,(H,25,31)(H,26,28)(H,29,30). The van der Waals surface area contributed by atoms with Crippen LogP contribution < -0.4 is 21.3 Å². The first-order valence-corrected chi connectivity index (χ1v) is 11.6. The molecule has 2 amide bonds. The minimum atomic E-state index is -1.17. The lowest BCUT2D eigenvalue weighted by molar-refractivity contribution is -0.139. The number of carboxylic acid groups (broad SMARTS) is 1. The summed E-state index contributed by atoms with van der Waals surface area (Å²) in [6, 6.07) is -1.09. The van der Waals surface area contributed by atoms with E-state index in [4.69, 9.17) is 5.11 Å². The lowest BCUT2D eigenvalue weighted by atomic mass is 9.84. The minimum Gasteiger partial charge on any atom is -0.481 e. The summed E-state index contributed by atoms with van der Waals surface area (Å²) in [6.45, 7) is 3.88. The molecule has 0 saturated carbocycles. The van der Waals surface area contributed by atoms with Crippen LogP contribution in [0.15, 0.2) is 0 Å². The van der Waals surface area contributed by atoms with Crippen molar-refractivity contribution in [2.75, 3.05) is 32.7 Å². The van der Waals surface area contributed by atoms with Crippen molar-refractivity contribution in [3.8, 4) is 0 Å². The summed E-state index contributed by atoms with van der Waals surface area (Å²) in [6.07, 6.45) is 8.16. The van der Waals surface area contributed by atoms with Crippen molar-refractivity contribution in [1.29, 1.82) is 0 Å². The summed E-state index contributed by atoms with van der Waals surface area (Å²) in [5, 5.41) is 20.5. The highest BCUT2D eigenvalue weighted by atomic mass is 16.4. The van der Waals surface area contributed by atoms with E-state index in [1.54, 1.807) is 0 Å². The molecular formula is C22H38N4O5. The molecule has 9 heteroatoms. The molecule has 2 aliphatic rings. The Morgan fingerprint density at radius 2 is 1.45 bits per heavy atom. The van der Waals surface area contributed by atoms with Crippen LogP contribution in [-0.4, -0.2) is 67.9 Å². The average Bonchev–Trinajstić information content (AvgIpc) is 2.78. The lowest BCUT2D eigenvalue weighted by Crippen LogP contribution is -2.44. The third-order valence-corrected chi connectivity index (χ3v) is 6.46. The molecule has 176 valence electrons. The number of aldehydes is 1. The van der Waals surface area contributed by atoms with Gasteiger partial charge in [0.2, 0.25) is 11.8 Å². The lowest BCUT2D eigenvalue weighted by Gasteiger charge is -2.27. The Labute approximate surface area is 184 Å². The third kappa shape index (κ3) is 10.2. The van der Waals surface area contributed by atoms with Crippen molar-refractivity contribution in [1.82, 2.24) is 21.3 Å². The minimum absolute atomic E-state index is 0.126. The Hall–Kier alpha value is -2.00. The van der Waals surface area contributed by atoms with E-state index >= 15 is 0 Å². The predicted molar refractivity (Wildman–Crippen MR) is 116 cm³/mol. The number of carbonyl (C=O) groups excluding carboxylic acids is 3. The Morgan fingerprint density at radius 3 is 1.90 bits per heavy atom. The van der Waals surface area contributed by atoms with Gasteiger partial charge in [-0.2, -0.15) is 0 Å². The van der Waals surface area contributed by atoms with Crippen LogP contribution in [0.5, 0.6) is 0 Å². The number of hydrogen-bond acceptors (Lipinski definition) is 6. The molecular weight excluding hydrogens is 400 g/mol. The number of aliphatic carboxylic acids is 1. The Morgan fingerprint density at radius 1 is 0.935 bits per heavy atom. The van der Waals surface area contributed by atoms with Crippen molar-refractivity contribution in [3.63, 3.8) is 0 Å². The molecule has 0 bridgehead atoms. The van der Waals surface area contributed by atoms with Crippen molar-refractivity contribution >= 4 is 24.1 Å². The zero-order valence-electron chi connectivity index (χ0n) is 18.4. The number of nitrogens with one attached hydrogen (secondary N) is 4. The zero-order chi connectivity index (χ0) is 22.5. The van der Waals surface area contributed by atoms with Gasteiger partial charge in [-0.05, 0) is 89.4 Å². The fourth-order valence-electron chi connectivity index (χ4n) is 4.51. The fourth-order valence-corrected chi connectivity index (χ4v) is 4.51. The molecule has 0 aromatic rings. The number of amides is 2. The summed E-state index contributed by atoms with van der Waals surface area (Å²) < 4.78 is 0. The van der Waals surface area contributed by atoms with E-state index in [0.29, 0.717) is 18.1 Å². The molecule has 2 rings (SSSR count). The largest absolute Gasteiger partial charge is 0.481 e. The van der Waals surface area contributed by atoms with Gasteiger partial charge in [-0.25, -0.2) is 0 Å². The van der Waals surface area contributed by atoms with Crippen LogP contribution in [0.25, 0.3) is 0 Å².